The van der Waals surface area contributed by atoms with Gasteiger partial charge in [0.1, 0.15) is 0 Å². The van der Waals surface area contributed by atoms with Crippen LogP contribution in [0.1, 0.15) is 59.8 Å². The minimum atomic E-state index is -0.0582. The molecule has 3 nitrogen and oxygen atoms in total. The van der Waals surface area contributed by atoms with E-state index >= 15 is 0 Å². The molecule has 4 atom stereocenters. The van der Waals surface area contributed by atoms with Crippen molar-refractivity contribution in [2.24, 2.45) is 17.8 Å². The Morgan fingerprint density at radius 3 is 2.37 bits per heavy atom. The van der Waals surface area contributed by atoms with Crippen molar-refractivity contribution in [1.29, 1.82) is 0 Å². The number of hydrogen-bond donors (Lipinski definition) is 2. The first-order chi connectivity index (χ1) is 8.97. The Kier molecular flexibility index (Phi) is 4.88. The van der Waals surface area contributed by atoms with Crippen molar-refractivity contribution < 1.29 is 4.79 Å². The van der Waals surface area contributed by atoms with Gasteiger partial charge >= 0.3 is 0 Å². The molecule has 0 aromatic heterocycles. The lowest BCUT2D eigenvalue weighted by molar-refractivity contribution is -0.123. The molecular formula is C16H30N2O. The summed E-state index contributed by atoms with van der Waals surface area (Å²) in [4.78, 5) is 12.1. The molecule has 0 aliphatic heterocycles. The third-order valence-electron chi connectivity index (χ3n) is 4.80. The van der Waals surface area contributed by atoms with Gasteiger partial charge in [0.2, 0.25) is 5.91 Å². The number of carbonyl (C=O) groups is 1. The molecule has 0 aromatic carbocycles. The molecule has 19 heavy (non-hydrogen) atoms. The topological polar surface area (TPSA) is 41.1 Å². The molecule has 2 fully saturated rings. The molecule has 2 N–H and O–H groups in total. The van der Waals surface area contributed by atoms with Crippen LogP contribution in [0.15, 0.2) is 0 Å². The second-order valence-corrected chi connectivity index (χ2v) is 7.10. The Hall–Kier alpha value is -0.570. The molecule has 0 bridgehead atoms. The lowest BCUT2D eigenvalue weighted by Gasteiger charge is -2.39. The van der Waals surface area contributed by atoms with E-state index in [-0.39, 0.29) is 11.9 Å². The van der Waals surface area contributed by atoms with Crippen LogP contribution in [-0.2, 0) is 4.79 Å². The molecule has 0 aromatic rings. The molecule has 3 heteroatoms. The molecule has 0 radical (unpaired) electrons. The number of nitrogens with one attached hydrogen (secondary N) is 2. The predicted octanol–water partition coefficient (Wildman–Crippen LogP) is 2.70. The minimum absolute atomic E-state index is 0.0582. The van der Waals surface area contributed by atoms with Gasteiger partial charge in [0, 0.05) is 12.1 Å². The van der Waals surface area contributed by atoms with Crippen molar-refractivity contribution in [3.05, 3.63) is 0 Å². The van der Waals surface area contributed by atoms with Gasteiger partial charge in [-0.05, 0) is 50.4 Å². The maximum atomic E-state index is 12.1. The first-order valence-corrected chi connectivity index (χ1v) is 8.03. The van der Waals surface area contributed by atoms with E-state index in [2.05, 4.69) is 31.4 Å². The van der Waals surface area contributed by atoms with Crippen LogP contribution >= 0.6 is 0 Å². The SMILES string of the molecule is CC1CCC(C(C)C)C(NC(C)C(=O)NC2CC2)C1. The lowest BCUT2D eigenvalue weighted by Crippen LogP contribution is -2.52. The summed E-state index contributed by atoms with van der Waals surface area (Å²) in [6.45, 7) is 8.96. The Balaban J connectivity index is 1.87. The predicted molar refractivity (Wildman–Crippen MR) is 78.9 cm³/mol. The maximum Gasteiger partial charge on any atom is 0.237 e. The normalized spacial score (nSPS) is 33.2. The fraction of sp³-hybridized carbons (Fsp3) is 0.938. The van der Waals surface area contributed by atoms with Crippen LogP contribution in [0.5, 0.6) is 0 Å². The van der Waals surface area contributed by atoms with Gasteiger partial charge in [-0.25, -0.2) is 0 Å². The molecule has 2 saturated carbocycles. The van der Waals surface area contributed by atoms with E-state index in [4.69, 9.17) is 0 Å². The van der Waals surface area contributed by atoms with Crippen LogP contribution in [0, 0.1) is 17.8 Å². The van der Waals surface area contributed by atoms with Gasteiger partial charge in [0.25, 0.3) is 0 Å². The van der Waals surface area contributed by atoms with Gasteiger partial charge in [-0.2, -0.15) is 0 Å². The third kappa shape index (κ3) is 4.20. The van der Waals surface area contributed by atoms with Gasteiger partial charge < -0.3 is 10.6 Å². The molecule has 110 valence electrons. The van der Waals surface area contributed by atoms with Crippen molar-refractivity contribution in [2.75, 3.05) is 0 Å². The highest BCUT2D eigenvalue weighted by molar-refractivity contribution is 5.81. The van der Waals surface area contributed by atoms with Gasteiger partial charge in [0.15, 0.2) is 0 Å². The van der Waals surface area contributed by atoms with Gasteiger partial charge in [-0.15, -0.1) is 0 Å². The molecule has 2 rings (SSSR count). The average molecular weight is 266 g/mol. The number of rotatable bonds is 5. The minimum Gasteiger partial charge on any atom is -0.352 e. The van der Waals surface area contributed by atoms with Crippen molar-refractivity contribution in [3.8, 4) is 0 Å². The summed E-state index contributed by atoms with van der Waals surface area (Å²) in [6.07, 6.45) is 6.17. The maximum absolute atomic E-state index is 12.1. The highest BCUT2D eigenvalue weighted by atomic mass is 16.2. The van der Waals surface area contributed by atoms with E-state index in [0.29, 0.717) is 23.9 Å². The average Bonchev–Trinajstić information content (AvgIpc) is 3.12. The third-order valence-corrected chi connectivity index (χ3v) is 4.80. The summed E-state index contributed by atoms with van der Waals surface area (Å²) < 4.78 is 0. The Bertz CT molecular complexity index is 312. The Labute approximate surface area is 117 Å². The number of amides is 1. The summed E-state index contributed by atoms with van der Waals surface area (Å²) in [5.74, 6) is 2.38. The molecule has 0 heterocycles. The second kappa shape index (κ2) is 6.25. The van der Waals surface area contributed by atoms with E-state index < -0.39 is 0 Å². The van der Waals surface area contributed by atoms with Crippen LogP contribution in [0.25, 0.3) is 0 Å². The summed E-state index contributed by atoms with van der Waals surface area (Å²) in [6, 6.07) is 0.906. The number of hydrogen-bond acceptors (Lipinski definition) is 2. The summed E-state index contributed by atoms with van der Waals surface area (Å²) in [5, 5.41) is 6.70. The lowest BCUT2D eigenvalue weighted by atomic mass is 9.74. The van der Waals surface area contributed by atoms with E-state index in [1.54, 1.807) is 0 Å². The summed E-state index contributed by atoms with van der Waals surface area (Å²) >= 11 is 0. The number of carbonyl (C=O) groups excluding carboxylic acids is 1. The van der Waals surface area contributed by atoms with Crippen molar-refractivity contribution in [2.45, 2.75) is 77.9 Å². The van der Waals surface area contributed by atoms with Crippen LogP contribution in [0.4, 0.5) is 0 Å². The Morgan fingerprint density at radius 2 is 1.79 bits per heavy atom. The second-order valence-electron chi connectivity index (χ2n) is 7.10. The molecule has 1 amide bonds. The van der Waals surface area contributed by atoms with Gasteiger partial charge in [0.05, 0.1) is 6.04 Å². The quantitative estimate of drug-likeness (QED) is 0.803. The monoisotopic (exact) mass is 266 g/mol. The fourth-order valence-corrected chi connectivity index (χ4v) is 3.34. The largest absolute Gasteiger partial charge is 0.352 e. The molecule has 0 saturated heterocycles. The van der Waals surface area contributed by atoms with E-state index in [9.17, 15) is 4.79 Å². The molecule has 4 unspecified atom stereocenters. The van der Waals surface area contributed by atoms with Crippen molar-refractivity contribution >= 4 is 5.91 Å². The van der Waals surface area contributed by atoms with Crippen molar-refractivity contribution in [3.63, 3.8) is 0 Å². The molecule has 2 aliphatic carbocycles. The standard InChI is InChI=1S/C16H30N2O/c1-10(2)14-8-5-11(3)9-15(14)17-12(4)16(19)18-13-6-7-13/h10-15,17H,5-9H2,1-4H3,(H,18,19). The van der Waals surface area contributed by atoms with E-state index in [0.717, 1.165) is 18.8 Å². The highest BCUT2D eigenvalue weighted by Crippen LogP contribution is 2.33. The van der Waals surface area contributed by atoms with E-state index in [1.165, 1.54) is 19.3 Å². The van der Waals surface area contributed by atoms with Crippen LogP contribution in [-0.4, -0.2) is 24.0 Å². The fourth-order valence-electron chi connectivity index (χ4n) is 3.34. The van der Waals surface area contributed by atoms with Crippen LogP contribution < -0.4 is 10.6 Å². The smallest absolute Gasteiger partial charge is 0.237 e. The molecule has 0 spiro atoms. The zero-order valence-electron chi connectivity index (χ0n) is 12.9. The highest BCUT2D eigenvalue weighted by Gasteiger charge is 2.33. The van der Waals surface area contributed by atoms with Gasteiger partial charge in [-0.1, -0.05) is 27.2 Å². The van der Waals surface area contributed by atoms with Crippen molar-refractivity contribution in [1.82, 2.24) is 10.6 Å². The first kappa shape index (κ1) is 14.8. The first-order valence-electron chi connectivity index (χ1n) is 8.03. The van der Waals surface area contributed by atoms with E-state index in [1.807, 2.05) is 6.92 Å². The zero-order chi connectivity index (χ0) is 14.0. The van der Waals surface area contributed by atoms with Crippen LogP contribution in [0.2, 0.25) is 0 Å². The summed E-state index contributed by atoms with van der Waals surface area (Å²) in [7, 11) is 0. The Morgan fingerprint density at radius 1 is 1.11 bits per heavy atom. The summed E-state index contributed by atoms with van der Waals surface area (Å²) in [5.41, 5.74) is 0. The zero-order valence-corrected chi connectivity index (χ0v) is 12.9. The van der Waals surface area contributed by atoms with Gasteiger partial charge in [-0.3, -0.25) is 4.79 Å². The molecular weight excluding hydrogens is 236 g/mol. The molecule has 2 aliphatic rings. The van der Waals surface area contributed by atoms with Crippen LogP contribution in [0.3, 0.4) is 0 Å².